The predicted octanol–water partition coefficient (Wildman–Crippen LogP) is 1.24. The molecule has 5 heteroatoms. The monoisotopic (exact) mass is 247 g/mol. The zero-order valence-electron chi connectivity index (χ0n) is 10.2. The Kier molecular flexibility index (Phi) is 3.92. The van der Waals surface area contributed by atoms with Gasteiger partial charge in [-0.15, -0.1) is 0 Å². The first kappa shape index (κ1) is 12.5. The highest BCUT2D eigenvalue weighted by molar-refractivity contribution is 5.95. The van der Waals surface area contributed by atoms with Gasteiger partial charge in [-0.3, -0.25) is 14.6 Å². The van der Waals surface area contributed by atoms with Crippen LogP contribution in [-0.4, -0.2) is 22.8 Å². The largest absolute Gasteiger partial charge is 0.366 e. The summed E-state index contributed by atoms with van der Waals surface area (Å²) in [6, 6.07) is 3.30. The number of nitrogens with two attached hydrogens (primary N) is 1. The Bertz CT molecular complexity index is 436. The minimum atomic E-state index is -0.540. The molecule has 1 saturated carbocycles. The lowest BCUT2D eigenvalue weighted by atomic mass is 9.95. The predicted molar refractivity (Wildman–Crippen MR) is 67.1 cm³/mol. The third-order valence-electron chi connectivity index (χ3n) is 3.22. The normalized spacial score (nSPS) is 16.2. The molecule has 0 unspecified atom stereocenters. The molecule has 18 heavy (non-hydrogen) atoms. The fourth-order valence-electron chi connectivity index (χ4n) is 2.18. The summed E-state index contributed by atoms with van der Waals surface area (Å²) in [5.74, 6) is -0.723. The molecular weight excluding hydrogens is 230 g/mol. The van der Waals surface area contributed by atoms with Crippen LogP contribution in [0.3, 0.4) is 0 Å². The average molecular weight is 247 g/mol. The summed E-state index contributed by atoms with van der Waals surface area (Å²) in [6.45, 7) is 0. The molecule has 0 radical (unpaired) electrons. The Morgan fingerprint density at radius 2 is 1.94 bits per heavy atom. The van der Waals surface area contributed by atoms with Crippen molar-refractivity contribution in [1.29, 1.82) is 0 Å². The van der Waals surface area contributed by atoms with Crippen LogP contribution in [0.25, 0.3) is 0 Å². The lowest BCUT2D eigenvalue weighted by molar-refractivity contribution is 0.0920. The van der Waals surface area contributed by atoms with Crippen molar-refractivity contribution in [3.63, 3.8) is 0 Å². The van der Waals surface area contributed by atoms with Crippen LogP contribution in [0.5, 0.6) is 0 Å². The fraction of sp³-hybridized carbons (Fsp3) is 0.462. The maximum atomic E-state index is 11.9. The number of carbonyl (C=O) groups is 2. The van der Waals surface area contributed by atoms with Crippen LogP contribution in [-0.2, 0) is 0 Å². The van der Waals surface area contributed by atoms with Gasteiger partial charge in [0, 0.05) is 12.2 Å². The third kappa shape index (κ3) is 3.06. The van der Waals surface area contributed by atoms with E-state index in [0.717, 1.165) is 12.8 Å². The number of aromatic nitrogens is 1. The van der Waals surface area contributed by atoms with Gasteiger partial charge in [0.25, 0.3) is 5.91 Å². The minimum Gasteiger partial charge on any atom is -0.366 e. The van der Waals surface area contributed by atoms with E-state index in [1.807, 2.05) is 0 Å². The molecule has 0 bridgehead atoms. The molecule has 3 N–H and O–H groups in total. The van der Waals surface area contributed by atoms with Crippen LogP contribution in [0.2, 0.25) is 0 Å². The van der Waals surface area contributed by atoms with Crippen molar-refractivity contribution in [3.05, 3.63) is 29.6 Å². The van der Waals surface area contributed by atoms with Crippen LogP contribution in [0, 0.1) is 0 Å². The van der Waals surface area contributed by atoms with E-state index in [0.29, 0.717) is 11.3 Å². The molecule has 1 aromatic rings. The van der Waals surface area contributed by atoms with E-state index in [9.17, 15) is 9.59 Å². The van der Waals surface area contributed by atoms with Gasteiger partial charge >= 0.3 is 0 Å². The van der Waals surface area contributed by atoms with Crippen molar-refractivity contribution >= 4 is 11.8 Å². The number of nitrogens with zero attached hydrogens (tertiary/aromatic N) is 1. The molecule has 0 saturated heterocycles. The first-order valence-corrected chi connectivity index (χ1v) is 6.23. The molecule has 5 nitrogen and oxygen atoms in total. The first-order valence-electron chi connectivity index (χ1n) is 6.23. The number of pyridine rings is 1. The summed E-state index contributed by atoms with van der Waals surface area (Å²) in [7, 11) is 0. The molecular formula is C13H17N3O2. The molecule has 2 amide bonds. The Morgan fingerprint density at radius 1 is 1.22 bits per heavy atom. The van der Waals surface area contributed by atoms with E-state index in [1.54, 1.807) is 0 Å². The first-order chi connectivity index (χ1) is 8.66. The van der Waals surface area contributed by atoms with Crippen LogP contribution in [0.15, 0.2) is 18.3 Å². The van der Waals surface area contributed by atoms with Crippen molar-refractivity contribution in [1.82, 2.24) is 10.3 Å². The quantitative estimate of drug-likeness (QED) is 0.842. The summed E-state index contributed by atoms with van der Waals surface area (Å²) in [4.78, 5) is 26.7. The molecule has 0 aromatic carbocycles. The number of primary amides is 1. The zero-order chi connectivity index (χ0) is 13.0. The van der Waals surface area contributed by atoms with Crippen molar-refractivity contribution in [3.8, 4) is 0 Å². The van der Waals surface area contributed by atoms with Gasteiger partial charge in [0.15, 0.2) is 0 Å². The van der Waals surface area contributed by atoms with Gasteiger partial charge in [-0.1, -0.05) is 19.3 Å². The van der Waals surface area contributed by atoms with Gasteiger partial charge < -0.3 is 11.1 Å². The van der Waals surface area contributed by atoms with Gasteiger partial charge in [0.2, 0.25) is 5.91 Å². The lowest BCUT2D eigenvalue weighted by Gasteiger charge is -2.22. The maximum Gasteiger partial charge on any atom is 0.270 e. The number of carbonyl (C=O) groups excluding carboxylic acids is 2. The molecule has 1 fully saturated rings. The van der Waals surface area contributed by atoms with E-state index in [1.165, 1.54) is 37.6 Å². The minimum absolute atomic E-state index is 0.182. The Labute approximate surface area is 106 Å². The number of hydrogen-bond donors (Lipinski definition) is 2. The average Bonchev–Trinajstić information content (AvgIpc) is 2.40. The molecule has 0 atom stereocenters. The fourth-order valence-corrected chi connectivity index (χ4v) is 2.18. The summed E-state index contributed by atoms with van der Waals surface area (Å²) in [6.07, 6.45) is 6.98. The second-order valence-corrected chi connectivity index (χ2v) is 4.60. The highest BCUT2D eigenvalue weighted by atomic mass is 16.2. The maximum absolute atomic E-state index is 11.9. The van der Waals surface area contributed by atoms with Crippen molar-refractivity contribution < 1.29 is 9.59 Å². The standard InChI is InChI=1S/C13H17N3O2/c14-12(17)9-6-7-11(15-8-9)13(18)16-10-4-2-1-3-5-10/h6-8,10H,1-5H2,(H2,14,17)(H,16,18). The van der Waals surface area contributed by atoms with Crippen LogP contribution in [0.1, 0.15) is 53.0 Å². The van der Waals surface area contributed by atoms with Crippen molar-refractivity contribution in [2.24, 2.45) is 5.73 Å². The van der Waals surface area contributed by atoms with Crippen molar-refractivity contribution in [2.45, 2.75) is 38.1 Å². The van der Waals surface area contributed by atoms with Gasteiger partial charge in [0.05, 0.1) is 5.56 Å². The van der Waals surface area contributed by atoms with E-state index in [2.05, 4.69) is 10.3 Å². The number of rotatable bonds is 3. The Balaban J connectivity index is 1.97. The number of amides is 2. The molecule has 0 aliphatic heterocycles. The van der Waals surface area contributed by atoms with E-state index in [-0.39, 0.29) is 11.9 Å². The summed E-state index contributed by atoms with van der Waals surface area (Å²) >= 11 is 0. The molecule has 2 rings (SSSR count). The molecule has 1 aromatic heterocycles. The molecule has 1 aliphatic rings. The van der Waals surface area contributed by atoms with Gasteiger partial charge in [-0.25, -0.2) is 0 Å². The Morgan fingerprint density at radius 3 is 2.50 bits per heavy atom. The lowest BCUT2D eigenvalue weighted by Crippen LogP contribution is -2.36. The second-order valence-electron chi connectivity index (χ2n) is 4.60. The number of hydrogen-bond acceptors (Lipinski definition) is 3. The molecule has 1 heterocycles. The third-order valence-corrected chi connectivity index (χ3v) is 3.22. The van der Waals surface area contributed by atoms with Crippen LogP contribution >= 0.6 is 0 Å². The number of nitrogens with one attached hydrogen (secondary N) is 1. The highest BCUT2D eigenvalue weighted by Crippen LogP contribution is 2.17. The smallest absolute Gasteiger partial charge is 0.270 e. The second kappa shape index (κ2) is 5.62. The molecule has 96 valence electrons. The van der Waals surface area contributed by atoms with Crippen LogP contribution in [0.4, 0.5) is 0 Å². The summed E-state index contributed by atoms with van der Waals surface area (Å²) in [5, 5.41) is 2.97. The molecule has 1 aliphatic carbocycles. The zero-order valence-corrected chi connectivity index (χ0v) is 10.2. The van der Waals surface area contributed by atoms with Gasteiger partial charge in [-0.05, 0) is 25.0 Å². The highest BCUT2D eigenvalue weighted by Gasteiger charge is 2.17. The Hall–Kier alpha value is -1.91. The van der Waals surface area contributed by atoms with Gasteiger partial charge in [0.1, 0.15) is 5.69 Å². The van der Waals surface area contributed by atoms with Crippen LogP contribution < -0.4 is 11.1 Å². The SMILES string of the molecule is NC(=O)c1ccc(C(=O)NC2CCCCC2)nc1. The van der Waals surface area contributed by atoms with Crippen molar-refractivity contribution in [2.75, 3.05) is 0 Å². The summed E-state index contributed by atoms with van der Waals surface area (Å²) < 4.78 is 0. The molecule has 0 spiro atoms. The summed E-state index contributed by atoms with van der Waals surface area (Å²) in [5.41, 5.74) is 5.74. The van der Waals surface area contributed by atoms with E-state index >= 15 is 0 Å². The van der Waals surface area contributed by atoms with E-state index < -0.39 is 5.91 Å². The van der Waals surface area contributed by atoms with Gasteiger partial charge in [-0.2, -0.15) is 0 Å². The van der Waals surface area contributed by atoms with E-state index in [4.69, 9.17) is 5.73 Å². The topological polar surface area (TPSA) is 85.1 Å².